The van der Waals surface area contributed by atoms with Gasteiger partial charge in [-0.3, -0.25) is 19.9 Å². The van der Waals surface area contributed by atoms with Gasteiger partial charge in [0.15, 0.2) is 23.8 Å². The Balaban J connectivity index is 0.000000201. The van der Waals surface area contributed by atoms with Crippen molar-refractivity contribution in [1.29, 1.82) is 0 Å². The highest BCUT2D eigenvalue weighted by atomic mass is 35.5. The average molecular weight is 1710 g/mol. The van der Waals surface area contributed by atoms with Crippen LogP contribution in [0, 0.1) is 10.1 Å². The van der Waals surface area contributed by atoms with Gasteiger partial charge in [-0.1, -0.05) is 234 Å². The average Bonchev–Trinajstić information content (AvgIpc) is 0.847. The van der Waals surface area contributed by atoms with Gasteiger partial charge in [0, 0.05) is 130 Å². The Labute approximate surface area is 724 Å². The van der Waals surface area contributed by atoms with Crippen molar-refractivity contribution >= 4 is 117 Å². The molecule has 0 aliphatic rings. The summed E-state index contributed by atoms with van der Waals surface area (Å²) in [7, 11) is 7.05. The van der Waals surface area contributed by atoms with Gasteiger partial charge in [0.1, 0.15) is 0 Å². The number of nitro benzene ring substituents is 1. The molecule has 0 aliphatic carbocycles. The molecule has 0 bridgehead atoms. The molecule has 17 N–H and O–H groups in total. The number of hydrogen-bond donors (Lipinski definition) is 9. The van der Waals surface area contributed by atoms with E-state index in [1.165, 1.54) is 18.2 Å². The number of anilines is 3. The van der Waals surface area contributed by atoms with Crippen LogP contribution in [0.15, 0.2) is 299 Å². The summed E-state index contributed by atoms with van der Waals surface area (Å²) in [6.07, 6.45) is 0. The Bertz CT molecular complexity index is 5260. The fraction of sp³-hybridized carbons (Fsp3) is 0.178. The fourth-order valence-electron chi connectivity index (χ4n) is 11.8. The SMILES string of the molecule is CN(C(=O)N(Cc1ccc(Cl)cc1)Cc1ccc(CN=C(N)N)cc1)c1ccccc1.CN(C(=O)N(Cc1ccc(Cl)cc1)Cc1cccc(CN=C(N)N)c1)c1ccccc1.CN(C)C(=O)N(Cc1ccc(Cl)cc1)Cc1ccc(CN=C(N)N)cc1.NC(N)=NCc1ccc(CN(Cc2ccc(Cl)cc2)C(=O)Nc2cccc([N+](=O)[O-])c2)cc1. The lowest BCUT2D eigenvalue weighted by atomic mass is 10.1. The number of carbonyl (C=O) groups is 4. The Morgan fingerprint density at radius 3 is 0.884 bits per heavy atom. The first kappa shape index (κ1) is 92.6. The van der Waals surface area contributed by atoms with Crippen LogP contribution in [0.4, 0.5) is 41.9 Å². The number of guanidine groups is 4. The predicted molar refractivity (Wildman–Crippen MR) is 488 cm³/mol. The molecule has 628 valence electrons. The molecule has 11 rings (SSSR count). The summed E-state index contributed by atoms with van der Waals surface area (Å²) >= 11 is 24.0. The number of nitro groups is 1. The predicted octanol–water partition coefficient (Wildman–Crippen LogP) is 15.8. The van der Waals surface area contributed by atoms with Gasteiger partial charge in [0.05, 0.1) is 31.1 Å². The molecule has 27 nitrogen and oxygen atoms in total. The third-order valence-electron chi connectivity index (χ3n) is 18.1. The van der Waals surface area contributed by atoms with E-state index in [-0.39, 0.29) is 47.6 Å². The van der Waals surface area contributed by atoms with Crippen molar-refractivity contribution in [3.63, 3.8) is 0 Å². The van der Waals surface area contributed by atoms with Crippen LogP contribution in [0.3, 0.4) is 0 Å². The highest BCUT2D eigenvalue weighted by Gasteiger charge is 2.24. The summed E-state index contributed by atoms with van der Waals surface area (Å²) in [5.41, 5.74) is 56.8. The highest BCUT2D eigenvalue weighted by Crippen LogP contribution is 2.26. The number of urea groups is 4. The number of halogens is 4. The van der Waals surface area contributed by atoms with Gasteiger partial charge in [-0.2, -0.15) is 0 Å². The second kappa shape index (κ2) is 47.5. The Kier molecular flexibility index (Phi) is 36.4. The number of hydrogen-bond acceptors (Lipinski definition) is 10. The minimum Gasteiger partial charge on any atom is -0.370 e. The van der Waals surface area contributed by atoms with Crippen molar-refractivity contribution in [3.8, 4) is 0 Å². The van der Waals surface area contributed by atoms with Crippen molar-refractivity contribution in [3.05, 3.63) is 376 Å². The van der Waals surface area contributed by atoms with Crippen LogP contribution < -0.4 is 61.0 Å². The zero-order valence-corrected chi connectivity index (χ0v) is 70.5. The molecule has 0 radical (unpaired) electrons. The molecule has 0 aromatic heterocycles. The van der Waals surface area contributed by atoms with Crippen LogP contribution in [0.25, 0.3) is 0 Å². The van der Waals surface area contributed by atoms with Crippen molar-refractivity contribution in [2.45, 2.75) is 78.5 Å². The van der Waals surface area contributed by atoms with E-state index < -0.39 is 11.0 Å². The number of nitrogens with zero attached hydrogens (tertiary/aromatic N) is 12. The Morgan fingerprint density at radius 1 is 0.314 bits per heavy atom. The molecule has 11 aromatic rings. The molecular formula is C90H99Cl4N21O6. The molecule has 0 saturated carbocycles. The summed E-state index contributed by atoms with van der Waals surface area (Å²) in [4.78, 5) is 90.8. The van der Waals surface area contributed by atoms with E-state index in [1.807, 2.05) is 243 Å². The first-order valence-electron chi connectivity index (χ1n) is 37.9. The lowest BCUT2D eigenvalue weighted by molar-refractivity contribution is -0.384. The smallest absolute Gasteiger partial charge is 0.324 e. The second-order valence-corrected chi connectivity index (χ2v) is 29.7. The van der Waals surface area contributed by atoms with Crippen LogP contribution >= 0.6 is 46.4 Å². The first-order chi connectivity index (χ1) is 58.0. The van der Waals surface area contributed by atoms with Crippen LogP contribution in [0.5, 0.6) is 0 Å². The number of benzene rings is 11. The molecule has 31 heteroatoms. The van der Waals surface area contributed by atoms with Gasteiger partial charge in [-0.25, -0.2) is 39.1 Å². The van der Waals surface area contributed by atoms with Crippen LogP contribution in [0.2, 0.25) is 20.1 Å². The third kappa shape index (κ3) is 32.5. The van der Waals surface area contributed by atoms with Gasteiger partial charge < -0.3 is 75.7 Å². The van der Waals surface area contributed by atoms with Crippen LogP contribution in [-0.2, 0) is 78.5 Å². The molecule has 0 fully saturated rings. The number of non-ortho nitro benzene ring substituents is 1. The van der Waals surface area contributed by atoms with Crippen LogP contribution in [-0.4, -0.2) is 106 Å². The van der Waals surface area contributed by atoms with Crippen LogP contribution in [0.1, 0.15) is 66.8 Å². The van der Waals surface area contributed by atoms with E-state index in [0.717, 1.165) is 78.1 Å². The summed E-state index contributed by atoms with van der Waals surface area (Å²) in [5.74, 6) is 0.202. The maximum Gasteiger partial charge on any atom is 0.324 e. The third-order valence-corrected chi connectivity index (χ3v) is 19.1. The number of aliphatic imine (C=N–C) groups is 4. The van der Waals surface area contributed by atoms with E-state index in [1.54, 1.807) is 80.7 Å². The molecule has 8 amide bonds. The molecule has 0 aliphatic heterocycles. The lowest BCUT2D eigenvalue weighted by Crippen LogP contribution is -2.40. The van der Waals surface area contributed by atoms with Gasteiger partial charge in [0.2, 0.25) is 0 Å². The normalized spacial score (nSPS) is 10.3. The molecule has 121 heavy (non-hydrogen) atoms. The summed E-state index contributed by atoms with van der Waals surface area (Å²) in [6.45, 7) is 5.06. The zero-order chi connectivity index (χ0) is 87.3. The molecule has 0 unspecified atom stereocenters. The number of nitrogens with one attached hydrogen (secondary N) is 1. The quantitative estimate of drug-likeness (QED) is 0.00953. The van der Waals surface area contributed by atoms with Crippen molar-refractivity contribution < 1.29 is 24.1 Å². The van der Waals surface area contributed by atoms with E-state index >= 15 is 0 Å². The molecule has 11 aromatic carbocycles. The standard InChI is InChI=1S/2C24H26ClN5O.C23H23ClN6O3.C19H24ClN5O/c1-29(22-8-3-2-4-9-22)24(31)30(16-18-10-12-21(25)13-11-18)17-20-7-5-6-19(14-20)15-28-23(26)27;1-29(22-5-3-2-4-6-22)24(31)30(17-20-11-13-21(25)14-12-20)16-19-9-7-18(8-10-19)15-28-23(26)27;24-19-10-8-18(9-11-19)15-29(14-17-6-4-16(5-7-17)13-27-22(25)26)23(31)28-20-2-1-3-21(12-20)30(32)33;1-24(2)19(26)25(13-16-7-9-17(20)10-8-16)12-15-5-3-14(4-6-15)11-23-18(21)22/h2*2-14H,15-17H2,1H3,(H4,26,27,28);1-12H,13-15H2,(H,28,31)(H4,25,26,27);3-10H,11-13H2,1-2H3,(H4,21,22,23). The Morgan fingerprint density at radius 2 is 0.579 bits per heavy atom. The summed E-state index contributed by atoms with van der Waals surface area (Å²) < 4.78 is 0. The van der Waals surface area contributed by atoms with E-state index in [0.29, 0.717) is 104 Å². The van der Waals surface area contributed by atoms with Gasteiger partial charge in [-0.05, 0) is 146 Å². The monoisotopic (exact) mass is 1710 g/mol. The minimum atomic E-state index is -0.509. The van der Waals surface area contributed by atoms with Gasteiger partial charge in [0.25, 0.3) is 5.69 Å². The number of amides is 8. The van der Waals surface area contributed by atoms with Crippen molar-refractivity contribution in [1.82, 2.24) is 24.5 Å². The Hall–Kier alpha value is -13.9. The second-order valence-electron chi connectivity index (χ2n) is 27.9. The van der Waals surface area contributed by atoms with E-state index in [9.17, 15) is 29.3 Å². The molecule has 0 spiro atoms. The number of nitrogens with two attached hydrogens (primary N) is 8. The number of carbonyl (C=O) groups excluding carboxylic acids is 4. The molecular weight excluding hydrogens is 1610 g/mol. The molecule has 0 heterocycles. The summed E-state index contributed by atoms with van der Waals surface area (Å²) in [5, 5.41) is 16.4. The molecule has 0 atom stereocenters. The van der Waals surface area contributed by atoms with Crippen molar-refractivity contribution in [2.75, 3.05) is 43.3 Å². The van der Waals surface area contributed by atoms with E-state index in [2.05, 4.69) is 25.3 Å². The fourth-order valence-corrected chi connectivity index (χ4v) is 12.3. The largest absolute Gasteiger partial charge is 0.370 e. The summed E-state index contributed by atoms with van der Waals surface area (Å²) in [6, 6.07) is 85.3. The lowest BCUT2D eigenvalue weighted by Gasteiger charge is -2.29. The van der Waals surface area contributed by atoms with Gasteiger partial charge in [-0.15, -0.1) is 0 Å². The first-order valence-corrected chi connectivity index (χ1v) is 39.4. The van der Waals surface area contributed by atoms with Crippen molar-refractivity contribution in [2.24, 2.45) is 65.8 Å². The molecule has 0 saturated heterocycles. The van der Waals surface area contributed by atoms with Gasteiger partial charge >= 0.3 is 24.1 Å². The topological polar surface area (TPSA) is 404 Å². The minimum absolute atomic E-state index is 0.0195. The van der Waals surface area contributed by atoms with E-state index in [4.69, 9.17) is 92.3 Å². The highest BCUT2D eigenvalue weighted by molar-refractivity contribution is 6.31. The zero-order valence-electron chi connectivity index (χ0n) is 67.5. The maximum atomic E-state index is 13.4. The number of para-hydroxylation sites is 2. The number of rotatable bonds is 28. The maximum absolute atomic E-state index is 13.4.